The van der Waals surface area contributed by atoms with Gasteiger partial charge in [0, 0.05) is 18.8 Å². The maximum absolute atomic E-state index is 12.5. The van der Waals surface area contributed by atoms with Crippen LogP contribution in [-0.4, -0.2) is 22.0 Å². The zero-order valence-electron chi connectivity index (χ0n) is 11.7. The SMILES string of the molecule is CCNC(=O)c1c([O-])[n+]2ccccc2n1Cc1cnc(Cl)s1. The molecule has 6 nitrogen and oxygen atoms in total. The third kappa shape index (κ3) is 2.53. The summed E-state index contributed by atoms with van der Waals surface area (Å²) in [5.74, 6) is -0.719. The molecule has 0 saturated heterocycles. The Labute approximate surface area is 135 Å². The molecular formula is C14H13ClN4O2S. The van der Waals surface area contributed by atoms with Crippen molar-refractivity contribution in [2.24, 2.45) is 0 Å². The lowest BCUT2D eigenvalue weighted by Crippen LogP contribution is -2.28. The van der Waals surface area contributed by atoms with Crippen LogP contribution in [-0.2, 0) is 6.54 Å². The van der Waals surface area contributed by atoms with E-state index >= 15 is 0 Å². The summed E-state index contributed by atoms with van der Waals surface area (Å²) in [4.78, 5) is 17.1. The van der Waals surface area contributed by atoms with Crippen LogP contribution in [0.4, 0.5) is 0 Å². The van der Waals surface area contributed by atoms with Gasteiger partial charge in [-0.2, -0.15) is 0 Å². The van der Waals surface area contributed by atoms with Gasteiger partial charge in [0.2, 0.25) is 5.69 Å². The van der Waals surface area contributed by atoms with Crippen LogP contribution >= 0.6 is 22.9 Å². The number of amides is 1. The number of hydrogen-bond donors (Lipinski definition) is 1. The minimum absolute atomic E-state index is 0.109. The molecule has 0 aliphatic heterocycles. The van der Waals surface area contributed by atoms with Crippen LogP contribution in [0.1, 0.15) is 22.3 Å². The van der Waals surface area contributed by atoms with E-state index in [2.05, 4.69) is 10.3 Å². The van der Waals surface area contributed by atoms with E-state index in [0.29, 0.717) is 23.2 Å². The number of halogens is 1. The molecule has 0 aliphatic carbocycles. The van der Waals surface area contributed by atoms with E-state index in [4.69, 9.17) is 11.6 Å². The van der Waals surface area contributed by atoms with Crippen LogP contribution in [0.15, 0.2) is 30.6 Å². The Morgan fingerprint density at radius 3 is 3.05 bits per heavy atom. The van der Waals surface area contributed by atoms with E-state index in [1.165, 1.54) is 15.7 Å². The molecule has 0 aromatic carbocycles. The highest BCUT2D eigenvalue weighted by Crippen LogP contribution is 2.22. The Morgan fingerprint density at radius 2 is 2.36 bits per heavy atom. The van der Waals surface area contributed by atoms with Crippen LogP contribution in [0.5, 0.6) is 5.88 Å². The summed E-state index contributed by atoms with van der Waals surface area (Å²) >= 11 is 7.18. The maximum atomic E-state index is 12.5. The molecule has 0 aliphatic rings. The molecule has 0 fully saturated rings. The van der Waals surface area contributed by atoms with E-state index < -0.39 is 0 Å². The number of imidazole rings is 1. The van der Waals surface area contributed by atoms with Crippen molar-refractivity contribution in [1.82, 2.24) is 14.9 Å². The third-order valence-corrected chi connectivity index (χ3v) is 4.30. The lowest BCUT2D eigenvalue weighted by Gasteiger charge is -2.05. The van der Waals surface area contributed by atoms with Crippen LogP contribution in [0.2, 0.25) is 4.47 Å². The van der Waals surface area contributed by atoms with Crippen LogP contribution in [0.25, 0.3) is 5.65 Å². The van der Waals surface area contributed by atoms with Crippen molar-refractivity contribution >= 4 is 34.5 Å². The highest BCUT2D eigenvalue weighted by molar-refractivity contribution is 7.15. The molecule has 3 aromatic heterocycles. The fraction of sp³-hybridized carbons (Fsp3) is 0.214. The van der Waals surface area contributed by atoms with Crippen molar-refractivity contribution in [2.75, 3.05) is 6.54 Å². The van der Waals surface area contributed by atoms with Crippen LogP contribution < -0.4 is 14.8 Å². The number of rotatable bonds is 4. The lowest BCUT2D eigenvalue weighted by atomic mass is 10.4. The minimum atomic E-state index is -0.383. The number of carbonyl (C=O) groups excluding carboxylic acids is 1. The molecule has 0 atom stereocenters. The summed E-state index contributed by atoms with van der Waals surface area (Å²) in [7, 11) is 0. The molecule has 3 rings (SSSR count). The summed E-state index contributed by atoms with van der Waals surface area (Å²) in [6, 6.07) is 5.38. The summed E-state index contributed by atoms with van der Waals surface area (Å²) in [5.41, 5.74) is 0.760. The summed E-state index contributed by atoms with van der Waals surface area (Å²) in [6.07, 6.45) is 3.30. The maximum Gasteiger partial charge on any atom is 0.294 e. The Morgan fingerprint density at radius 1 is 1.55 bits per heavy atom. The molecule has 114 valence electrons. The van der Waals surface area contributed by atoms with Crippen molar-refractivity contribution in [2.45, 2.75) is 13.5 Å². The van der Waals surface area contributed by atoms with Gasteiger partial charge < -0.3 is 10.4 Å². The molecule has 0 unspecified atom stereocenters. The van der Waals surface area contributed by atoms with E-state index in [-0.39, 0.29) is 17.5 Å². The van der Waals surface area contributed by atoms with E-state index in [1.54, 1.807) is 29.1 Å². The molecule has 1 amide bonds. The first-order valence-electron chi connectivity index (χ1n) is 6.70. The smallest absolute Gasteiger partial charge is 0.294 e. The normalized spacial score (nSPS) is 11.0. The predicted molar refractivity (Wildman–Crippen MR) is 81.3 cm³/mol. The third-order valence-electron chi connectivity index (χ3n) is 3.20. The number of thiazole rings is 1. The highest BCUT2D eigenvalue weighted by Gasteiger charge is 2.26. The Balaban J connectivity index is 2.16. The first-order valence-corrected chi connectivity index (χ1v) is 7.89. The second-order valence-corrected chi connectivity index (χ2v) is 6.31. The van der Waals surface area contributed by atoms with Gasteiger partial charge in [-0.3, -0.25) is 4.79 Å². The van der Waals surface area contributed by atoms with Crippen molar-refractivity contribution in [3.05, 3.63) is 45.6 Å². The average Bonchev–Trinajstić information content (AvgIpc) is 3.03. The first-order chi connectivity index (χ1) is 10.6. The highest BCUT2D eigenvalue weighted by atomic mass is 35.5. The molecule has 3 heterocycles. The molecule has 0 bridgehead atoms. The largest absolute Gasteiger partial charge is 0.839 e. The lowest BCUT2D eigenvalue weighted by molar-refractivity contribution is -0.582. The molecule has 22 heavy (non-hydrogen) atoms. The molecule has 8 heteroatoms. The van der Waals surface area contributed by atoms with Crippen molar-refractivity contribution in [1.29, 1.82) is 0 Å². The van der Waals surface area contributed by atoms with E-state index in [9.17, 15) is 9.90 Å². The monoisotopic (exact) mass is 336 g/mol. The Kier molecular flexibility index (Phi) is 4.00. The first kappa shape index (κ1) is 14.8. The number of nitrogens with zero attached hydrogens (tertiary/aromatic N) is 3. The fourth-order valence-electron chi connectivity index (χ4n) is 2.31. The molecule has 0 saturated carbocycles. The minimum Gasteiger partial charge on any atom is -0.839 e. The fourth-order valence-corrected chi connectivity index (χ4v) is 3.27. The van der Waals surface area contributed by atoms with Gasteiger partial charge in [-0.15, -0.1) is 11.3 Å². The van der Waals surface area contributed by atoms with Crippen LogP contribution in [0, 0.1) is 0 Å². The molecule has 0 radical (unpaired) electrons. The number of fused-ring (bicyclic) bond motifs is 1. The van der Waals surface area contributed by atoms with E-state index in [1.807, 2.05) is 13.0 Å². The number of carbonyl (C=O) groups is 1. The summed E-state index contributed by atoms with van der Waals surface area (Å²) in [6.45, 7) is 2.63. The molecule has 3 aromatic rings. The average molecular weight is 337 g/mol. The second kappa shape index (κ2) is 5.94. The Bertz CT molecular complexity index is 843. The standard InChI is InChI=1S/C14H13ClN4O2S/c1-2-16-12(20)11-13(21)18-6-4-3-5-10(18)19(11)8-9-7-17-14(15)22-9/h3-7H,2,8H2,1H3,(H-,16,20,21). The molecular weight excluding hydrogens is 324 g/mol. The van der Waals surface area contributed by atoms with Gasteiger partial charge in [-0.05, 0) is 13.0 Å². The second-order valence-electron chi connectivity index (χ2n) is 4.61. The van der Waals surface area contributed by atoms with Gasteiger partial charge in [0.25, 0.3) is 11.6 Å². The quantitative estimate of drug-likeness (QED) is 0.728. The van der Waals surface area contributed by atoms with Gasteiger partial charge in [-0.25, -0.2) is 14.0 Å². The number of pyridine rings is 1. The molecule has 0 spiro atoms. The van der Waals surface area contributed by atoms with Crippen molar-refractivity contribution < 1.29 is 14.3 Å². The predicted octanol–water partition coefficient (Wildman–Crippen LogP) is 1.21. The summed E-state index contributed by atoms with van der Waals surface area (Å²) < 4.78 is 3.59. The van der Waals surface area contributed by atoms with Gasteiger partial charge in [-0.1, -0.05) is 17.7 Å². The number of nitrogens with one attached hydrogen (secondary N) is 1. The topological polar surface area (TPSA) is 74.1 Å². The summed E-state index contributed by atoms with van der Waals surface area (Å²) in [5, 5.41) is 15.2. The molecule has 1 N–H and O–H groups in total. The number of aromatic nitrogens is 3. The van der Waals surface area contributed by atoms with Gasteiger partial charge in [0.15, 0.2) is 4.47 Å². The van der Waals surface area contributed by atoms with Gasteiger partial charge in [0.1, 0.15) is 12.4 Å². The van der Waals surface area contributed by atoms with E-state index in [0.717, 1.165) is 4.88 Å². The van der Waals surface area contributed by atoms with Crippen molar-refractivity contribution in [3.8, 4) is 5.88 Å². The van der Waals surface area contributed by atoms with Gasteiger partial charge >= 0.3 is 0 Å². The van der Waals surface area contributed by atoms with Crippen LogP contribution in [0.3, 0.4) is 0 Å². The number of hydrogen-bond acceptors (Lipinski definition) is 4. The van der Waals surface area contributed by atoms with Gasteiger partial charge in [0.05, 0.1) is 11.1 Å². The Hall–Kier alpha value is -2.12. The van der Waals surface area contributed by atoms with Crippen molar-refractivity contribution in [3.63, 3.8) is 0 Å². The zero-order valence-corrected chi connectivity index (χ0v) is 13.3. The zero-order chi connectivity index (χ0) is 15.7.